The van der Waals surface area contributed by atoms with Crippen molar-refractivity contribution in [3.63, 3.8) is 0 Å². The van der Waals surface area contributed by atoms with Crippen LogP contribution >= 0.6 is 0 Å². The highest BCUT2D eigenvalue weighted by molar-refractivity contribution is 7.91. The summed E-state index contributed by atoms with van der Waals surface area (Å²) in [6.45, 7) is 2.38. The monoisotopic (exact) mass is 424 g/mol. The van der Waals surface area contributed by atoms with Crippen LogP contribution in [0.2, 0.25) is 0 Å². The van der Waals surface area contributed by atoms with Crippen LogP contribution in [0.5, 0.6) is 5.75 Å². The molecule has 3 aromatic rings. The Labute approximate surface area is 168 Å². The highest BCUT2D eigenvalue weighted by atomic mass is 32.2. The van der Waals surface area contributed by atoms with Crippen LogP contribution in [-0.2, 0) is 24.4 Å². The molecule has 3 heterocycles. The molecule has 154 valence electrons. The maximum atomic E-state index is 13.0. The normalized spacial score (nSPS) is 15.7. The van der Waals surface area contributed by atoms with Crippen LogP contribution in [0.15, 0.2) is 29.4 Å². The van der Waals surface area contributed by atoms with E-state index >= 15 is 0 Å². The number of fused-ring (bicyclic) bond motifs is 1. The summed E-state index contributed by atoms with van der Waals surface area (Å²) >= 11 is -1.35. The molecule has 0 radical (unpaired) electrons. The van der Waals surface area contributed by atoms with E-state index in [9.17, 15) is 17.7 Å². The summed E-state index contributed by atoms with van der Waals surface area (Å²) in [6, 6.07) is 2.59. The number of pyridine rings is 2. The number of alkyl halides is 3. The third-order valence-corrected chi connectivity index (χ3v) is 6.11. The number of aromatic nitrogens is 4. The average Bonchev–Trinajstić information content (AvgIpc) is 3.47. The van der Waals surface area contributed by atoms with Crippen molar-refractivity contribution in [2.45, 2.75) is 30.8 Å². The van der Waals surface area contributed by atoms with Crippen LogP contribution in [0.3, 0.4) is 0 Å². The molecule has 3 aromatic heterocycles. The van der Waals surface area contributed by atoms with Gasteiger partial charge in [-0.2, -0.15) is 13.2 Å². The summed E-state index contributed by atoms with van der Waals surface area (Å²) in [5.74, 6) is 1.78. The van der Waals surface area contributed by atoms with Gasteiger partial charge in [-0.25, -0.2) is 15.0 Å². The van der Waals surface area contributed by atoms with E-state index in [0.29, 0.717) is 46.0 Å². The topological polar surface area (TPSA) is 75.9 Å². The van der Waals surface area contributed by atoms with Gasteiger partial charge in [-0.15, -0.1) is 0 Å². The number of nitrogens with zero attached hydrogens (tertiary/aromatic N) is 4. The standard InChI is InChI=1S/C19H19F3N4O2S/c1-3-29(27)15-6-12(28-10-11-4-5-11)8-24-17(15)18-25-13-7-16(19(20,21)22)23-9-14(13)26(18)2/h6-9,11H,3-5,10H2,1-2H3. The maximum Gasteiger partial charge on any atom is 0.433 e. The molecule has 1 fully saturated rings. The zero-order valence-electron chi connectivity index (χ0n) is 15.9. The van der Waals surface area contributed by atoms with Crippen molar-refractivity contribution in [1.29, 1.82) is 0 Å². The number of aryl methyl sites for hydroxylation is 1. The van der Waals surface area contributed by atoms with Crippen molar-refractivity contribution >= 4 is 22.2 Å². The first-order valence-corrected chi connectivity index (χ1v) is 10.5. The number of halogens is 3. The van der Waals surface area contributed by atoms with E-state index in [-0.39, 0.29) is 5.52 Å². The molecule has 1 saturated carbocycles. The second-order valence-electron chi connectivity index (χ2n) is 6.96. The lowest BCUT2D eigenvalue weighted by molar-refractivity contribution is -0.141. The molecule has 0 spiro atoms. The summed E-state index contributed by atoms with van der Waals surface area (Å²) in [5.41, 5.74) is -0.0778. The van der Waals surface area contributed by atoms with Gasteiger partial charge in [-0.3, -0.25) is 0 Å². The molecule has 1 unspecified atom stereocenters. The smallest absolute Gasteiger partial charge is 0.433 e. The minimum absolute atomic E-state index is 0.147. The second-order valence-corrected chi connectivity index (χ2v) is 8.67. The van der Waals surface area contributed by atoms with Crippen molar-refractivity contribution in [2.75, 3.05) is 12.4 Å². The van der Waals surface area contributed by atoms with Crippen molar-refractivity contribution in [1.82, 2.24) is 19.5 Å². The first kappa shape index (κ1) is 20.0. The van der Waals surface area contributed by atoms with E-state index in [2.05, 4.69) is 15.0 Å². The summed E-state index contributed by atoms with van der Waals surface area (Å²) in [7, 11) is 1.66. The van der Waals surface area contributed by atoms with Crippen molar-refractivity contribution in [3.05, 3.63) is 30.2 Å². The SMILES string of the molecule is CC[S+]([O-])c1cc(OCC2CC2)cnc1-c1nc2cc(C(F)(F)F)ncc2n1C. The Kier molecular flexibility index (Phi) is 5.16. The predicted molar refractivity (Wildman–Crippen MR) is 102 cm³/mol. The lowest BCUT2D eigenvalue weighted by Crippen LogP contribution is -2.10. The van der Waals surface area contributed by atoms with E-state index in [4.69, 9.17) is 4.74 Å². The van der Waals surface area contributed by atoms with Gasteiger partial charge < -0.3 is 13.9 Å². The second kappa shape index (κ2) is 7.49. The molecule has 1 atom stereocenters. The fraction of sp³-hybridized carbons (Fsp3) is 0.421. The van der Waals surface area contributed by atoms with Gasteiger partial charge in [0, 0.05) is 13.1 Å². The number of ether oxygens (including phenoxy) is 1. The Morgan fingerprint density at radius 1 is 1.24 bits per heavy atom. The number of hydrogen-bond donors (Lipinski definition) is 0. The molecular weight excluding hydrogens is 405 g/mol. The lowest BCUT2D eigenvalue weighted by atomic mass is 10.3. The van der Waals surface area contributed by atoms with Gasteiger partial charge in [0.1, 0.15) is 17.2 Å². The Bertz CT molecular complexity index is 1050. The van der Waals surface area contributed by atoms with Gasteiger partial charge in [0.05, 0.1) is 30.0 Å². The summed E-state index contributed by atoms with van der Waals surface area (Å²) in [6.07, 6.45) is 0.407. The van der Waals surface area contributed by atoms with Crippen molar-refractivity contribution < 1.29 is 22.5 Å². The molecule has 0 amide bonds. The molecule has 4 rings (SSSR count). The molecule has 10 heteroatoms. The quantitative estimate of drug-likeness (QED) is 0.560. The minimum atomic E-state index is -4.56. The predicted octanol–water partition coefficient (Wildman–Crippen LogP) is 3.97. The van der Waals surface area contributed by atoms with E-state index < -0.39 is 23.0 Å². The molecule has 1 aliphatic carbocycles. The number of rotatable bonds is 6. The van der Waals surface area contributed by atoms with E-state index in [0.717, 1.165) is 25.1 Å². The van der Waals surface area contributed by atoms with Crippen LogP contribution < -0.4 is 4.74 Å². The maximum absolute atomic E-state index is 13.0. The Morgan fingerprint density at radius 3 is 2.66 bits per heavy atom. The number of hydrogen-bond acceptors (Lipinski definition) is 5. The molecule has 29 heavy (non-hydrogen) atoms. The Balaban J connectivity index is 1.77. The summed E-state index contributed by atoms with van der Waals surface area (Å²) in [5, 5.41) is 0. The van der Waals surface area contributed by atoms with Crippen LogP contribution in [0, 0.1) is 5.92 Å². The molecule has 0 bridgehead atoms. The van der Waals surface area contributed by atoms with Crippen LogP contribution in [0.1, 0.15) is 25.5 Å². The average molecular weight is 424 g/mol. The van der Waals surface area contributed by atoms with E-state index in [1.807, 2.05) is 0 Å². The highest BCUT2D eigenvalue weighted by Gasteiger charge is 2.33. The fourth-order valence-corrected chi connectivity index (χ4v) is 3.87. The van der Waals surface area contributed by atoms with Crippen LogP contribution in [0.25, 0.3) is 22.6 Å². The van der Waals surface area contributed by atoms with Crippen molar-refractivity contribution in [3.8, 4) is 17.3 Å². The zero-order chi connectivity index (χ0) is 20.8. The highest BCUT2D eigenvalue weighted by Crippen LogP contribution is 2.34. The van der Waals surface area contributed by atoms with Gasteiger partial charge in [-0.1, -0.05) is 0 Å². The molecule has 6 nitrogen and oxygen atoms in total. The first-order chi connectivity index (χ1) is 13.8. The molecule has 1 aliphatic rings. The Morgan fingerprint density at radius 2 is 2.00 bits per heavy atom. The van der Waals surface area contributed by atoms with E-state index in [1.165, 1.54) is 6.20 Å². The third-order valence-electron chi connectivity index (χ3n) is 4.79. The third kappa shape index (κ3) is 4.04. The molecule has 0 saturated heterocycles. The van der Waals surface area contributed by atoms with Crippen LogP contribution in [-0.4, -0.2) is 36.4 Å². The van der Waals surface area contributed by atoms with Gasteiger partial charge >= 0.3 is 6.18 Å². The fourth-order valence-electron chi connectivity index (χ4n) is 2.96. The zero-order valence-corrected chi connectivity index (χ0v) is 16.7. The van der Waals surface area contributed by atoms with Gasteiger partial charge in [0.25, 0.3) is 0 Å². The van der Waals surface area contributed by atoms with Gasteiger partial charge in [0.2, 0.25) is 0 Å². The lowest BCUT2D eigenvalue weighted by Gasteiger charge is -2.14. The summed E-state index contributed by atoms with van der Waals surface area (Å²) in [4.78, 5) is 12.7. The molecular formula is C19H19F3N4O2S. The molecule has 0 aliphatic heterocycles. The van der Waals surface area contributed by atoms with Gasteiger partial charge in [-0.05, 0) is 42.9 Å². The summed E-state index contributed by atoms with van der Waals surface area (Å²) < 4.78 is 58.9. The van der Waals surface area contributed by atoms with E-state index in [1.54, 1.807) is 24.6 Å². The largest absolute Gasteiger partial charge is 0.611 e. The first-order valence-electron chi connectivity index (χ1n) is 9.19. The van der Waals surface area contributed by atoms with Gasteiger partial charge in [0.15, 0.2) is 16.4 Å². The minimum Gasteiger partial charge on any atom is -0.611 e. The Hall–Kier alpha value is -2.33. The molecule has 0 aromatic carbocycles. The van der Waals surface area contributed by atoms with Crippen LogP contribution in [0.4, 0.5) is 13.2 Å². The number of imidazole rings is 1. The molecule has 0 N–H and O–H groups in total. The van der Waals surface area contributed by atoms with Crippen molar-refractivity contribution in [2.24, 2.45) is 13.0 Å².